The number of hydrogen-bond acceptors (Lipinski definition) is 5. The standard InChI is InChI=1S/C17H17N5O/c1-22-17-14(16(18)19-9-20-17)15(21-22)12-4-3-11-8-13(23-2)6-5-10(11)7-12/h3-7,9,13H,8H2,1-2H3,(H2,18,19,20). The summed E-state index contributed by atoms with van der Waals surface area (Å²) in [4.78, 5) is 8.37. The van der Waals surface area contributed by atoms with E-state index in [0.29, 0.717) is 5.82 Å². The molecule has 0 amide bonds. The van der Waals surface area contributed by atoms with E-state index in [1.54, 1.807) is 11.8 Å². The summed E-state index contributed by atoms with van der Waals surface area (Å²) in [5, 5.41) is 5.38. The lowest BCUT2D eigenvalue weighted by atomic mass is 9.93. The summed E-state index contributed by atoms with van der Waals surface area (Å²) in [6, 6.07) is 6.32. The van der Waals surface area contributed by atoms with Gasteiger partial charge in [-0.15, -0.1) is 0 Å². The molecule has 0 fully saturated rings. The van der Waals surface area contributed by atoms with E-state index < -0.39 is 0 Å². The van der Waals surface area contributed by atoms with Crippen molar-refractivity contribution in [3.05, 3.63) is 41.7 Å². The average molecular weight is 307 g/mol. The molecular weight excluding hydrogens is 290 g/mol. The van der Waals surface area contributed by atoms with Crippen LogP contribution in [-0.2, 0) is 18.2 Å². The Bertz CT molecular complexity index is 928. The molecule has 0 saturated carbocycles. The zero-order valence-corrected chi connectivity index (χ0v) is 13.0. The fraction of sp³-hybridized carbons (Fsp3) is 0.235. The summed E-state index contributed by atoms with van der Waals surface area (Å²) in [5.41, 5.74) is 11.1. The van der Waals surface area contributed by atoms with E-state index in [2.05, 4.69) is 45.4 Å². The van der Waals surface area contributed by atoms with Crippen LogP contribution in [0.1, 0.15) is 11.1 Å². The number of ether oxygens (including phenoxy) is 1. The second-order valence-corrected chi connectivity index (χ2v) is 5.68. The van der Waals surface area contributed by atoms with E-state index in [1.807, 2.05) is 7.05 Å². The molecule has 23 heavy (non-hydrogen) atoms. The molecule has 116 valence electrons. The summed E-state index contributed by atoms with van der Waals surface area (Å²) in [6.07, 6.45) is 6.68. The van der Waals surface area contributed by atoms with Gasteiger partial charge in [-0.25, -0.2) is 14.6 Å². The number of benzene rings is 1. The highest BCUT2D eigenvalue weighted by molar-refractivity contribution is 5.98. The van der Waals surface area contributed by atoms with Crippen LogP contribution in [0.3, 0.4) is 0 Å². The molecule has 4 rings (SSSR count). The summed E-state index contributed by atoms with van der Waals surface area (Å²) in [5.74, 6) is 0.450. The number of rotatable bonds is 2. The Labute approximate surface area is 133 Å². The smallest absolute Gasteiger partial charge is 0.163 e. The molecule has 6 nitrogen and oxygen atoms in total. The van der Waals surface area contributed by atoms with Crippen LogP contribution in [0.2, 0.25) is 0 Å². The second kappa shape index (κ2) is 5.17. The zero-order chi connectivity index (χ0) is 16.0. The Balaban J connectivity index is 1.87. The first-order valence-electron chi connectivity index (χ1n) is 7.45. The molecule has 1 unspecified atom stereocenters. The number of methoxy groups -OCH3 is 1. The minimum Gasteiger partial charge on any atom is -0.383 e. The van der Waals surface area contributed by atoms with Gasteiger partial charge in [0.25, 0.3) is 0 Å². The Morgan fingerprint density at radius 2 is 2.17 bits per heavy atom. The molecule has 1 aliphatic carbocycles. The molecule has 0 bridgehead atoms. The van der Waals surface area contributed by atoms with E-state index >= 15 is 0 Å². The van der Waals surface area contributed by atoms with Crippen molar-refractivity contribution in [3.63, 3.8) is 0 Å². The zero-order valence-electron chi connectivity index (χ0n) is 13.0. The molecule has 0 aliphatic heterocycles. The van der Waals surface area contributed by atoms with Crippen molar-refractivity contribution in [2.75, 3.05) is 12.8 Å². The second-order valence-electron chi connectivity index (χ2n) is 5.68. The van der Waals surface area contributed by atoms with Gasteiger partial charge in [0, 0.05) is 26.1 Å². The fourth-order valence-electron chi connectivity index (χ4n) is 3.05. The van der Waals surface area contributed by atoms with Crippen molar-refractivity contribution >= 4 is 22.9 Å². The summed E-state index contributed by atoms with van der Waals surface area (Å²) in [6.45, 7) is 0. The minimum atomic E-state index is 0.146. The molecular formula is C17H17N5O. The first-order chi connectivity index (χ1) is 11.2. The van der Waals surface area contributed by atoms with E-state index in [1.165, 1.54) is 17.5 Å². The summed E-state index contributed by atoms with van der Waals surface area (Å²) in [7, 11) is 3.59. The molecule has 1 aromatic carbocycles. The van der Waals surface area contributed by atoms with Crippen molar-refractivity contribution in [2.24, 2.45) is 7.05 Å². The number of hydrogen-bond donors (Lipinski definition) is 1. The highest BCUT2D eigenvalue weighted by Gasteiger charge is 2.18. The predicted molar refractivity (Wildman–Crippen MR) is 89.7 cm³/mol. The fourth-order valence-corrected chi connectivity index (χ4v) is 3.05. The summed E-state index contributed by atoms with van der Waals surface area (Å²) < 4.78 is 7.14. The van der Waals surface area contributed by atoms with Gasteiger partial charge in [0.1, 0.15) is 17.8 Å². The van der Waals surface area contributed by atoms with Gasteiger partial charge >= 0.3 is 0 Å². The first-order valence-corrected chi connectivity index (χ1v) is 7.45. The van der Waals surface area contributed by atoms with E-state index in [-0.39, 0.29) is 6.10 Å². The van der Waals surface area contributed by atoms with Crippen molar-refractivity contribution in [1.82, 2.24) is 19.7 Å². The molecule has 0 saturated heterocycles. The van der Waals surface area contributed by atoms with Gasteiger partial charge in [-0.3, -0.25) is 0 Å². The van der Waals surface area contributed by atoms with Crippen LogP contribution >= 0.6 is 0 Å². The lowest BCUT2D eigenvalue weighted by molar-refractivity contribution is 0.141. The number of fused-ring (bicyclic) bond motifs is 2. The van der Waals surface area contributed by atoms with Gasteiger partial charge in [0.2, 0.25) is 0 Å². The third kappa shape index (κ3) is 2.19. The van der Waals surface area contributed by atoms with Crippen molar-refractivity contribution in [1.29, 1.82) is 0 Å². The van der Waals surface area contributed by atoms with E-state index in [9.17, 15) is 0 Å². The van der Waals surface area contributed by atoms with E-state index in [0.717, 1.165) is 28.7 Å². The van der Waals surface area contributed by atoms with Gasteiger partial charge in [-0.1, -0.05) is 24.3 Å². The number of nitrogen functional groups attached to an aromatic ring is 1. The Morgan fingerprint density at radius 1 is 1.30 bits per heavy atom. The van der Waals surface area contributed by atoms with Crippen LogP contribution in [-0.4, -0.2) is 33.0 Å². The third-order valence-electron chi connectivity index (χ3n) is 4.28. The largest absolute Gasteiger partial charge is 0.383 e. The molecule has 0 spiro atoms. The van der Waals surface area contributed by atoms with Gasteiger partial charge in [0.15, 0.2) is 5.65 Å². The predicted octanol–water partition coefficient (Wildman–Crippen LogP) is 2.20. The molecule has 2 N–H and O–H groups in total. The number of anilines is 1. The topological polar surface area (TPSA) is 78.8 Å². The third-order valence-corrected chi connectivity index (χ3v) is 4.28. The normalized spacial score (nSPS) is 16.7. The van der Waals surface area contributed by atoms with Crippen LogP contribution in [0, 0.1) is 0 Å². The van der Waals surface area contributed by atoms with Crippen molar-refractivity contribution in [2.45, 2.75) is 12.5 Å². The average Bonchev–Trinajstić information content (AvgIpc) is 2.92. The highest BCUT2D eigenvalue weighted by atomic mass is 16.5. The van der Waals surface area contributed by atoms with Crippen LogP contribution in [0.25, 0.3) is 28.4 Å². The molecule has 2 heterocycles. The van der Waals surface area contributed by atoms with Crippen LogP contribution in [0.5, 0.6) is 0 Å². The molecule has 3 aromatic rings. The SMILES string of the molecule is COC1C=Cc2cc(-c3nn(C)c4ncnc(N)c34)ccc2C1. The number of aromatic nitrogens is 4. The monoisotopic (exact) mass is 307 g/mol. The van der Waals surface area contributed by atoms with Gasteiger partial charge in [0.05, 0.1) is 11.5 Å². The Morgan fingerprint density at radius 3 is 3.00 bits per heavy atom. The van der Waals surface area contributed by atoms with E-state index in [4.69, 9.17) is 10.5 Å². The maximum Gasteiger partial charge on any atom is 0.163 e. The number of nitrogens with two attached hydrogens (primary N) is 1. The summed E-state index contributed by atoms with van der Waals surface area (Å²) >= 11 is 0. The van der Waals surface area contributed by atoms with Gasteiger partial charge in [-0.2, -0.15) is 5.10 Å². The molecule has 6 heteroatoms. The number of aryl methyl sites for hydroxylation is 1. The Kier molecular flexibility index (Phi) is 3.12. The minimum absolute atomic E-state index is 0.146. The maximum atomic E-state index is 6.05. The molecule has 0 radical (unpaired) electrons. The maximum absolute atomic E-state index is 6.05. The first kappa shape index (κ1) is 13.9. The van der Waals surface area contributed by atoms with Crippen molar-refractivity contribution in [3.8, 4) is 11.3 Å². The molecule has 1 atom stereocenters. The van der Waals surface area contributed by atoms with Gasteiger partial charge in [-0.05, 0) is 17.2 Å². The lowest BCUT2D eigenvalue weighted by Gasteiger charge is -2.18. The van der Waals surface area contributed by atoms with Crippen LogP contribution < -0.4 is 5.73 Å². The molecule has 1 aliphatic rings. The molecule has 2 aromatic heterocycles. The highest BCUT2D eigenvalue weighted by Crippen LogP contribution is 2.32. The number of nitrogens with zero attached hydrogens (tertiary/aromatic N) is 4. The van der Waals surface area contributed by atoms with Gasteiger partial charge < -0.3 is 10.5 Å². The van der Waals surface area contributed by atoms with Crippen molar-refractivity contribution < 1.29 is 4.74 Å². The van der Waals surface area contributed by atoms with Crippen LogP contribution in [0.15, 0.2) is 30.6 Å². The Hall–Kier alpha value is -2.73. The lowest BCUT2D eigenvalue weighted by Crippen LogP contribution is -2.14. The quantitative estimate of drug-likeness (QED) is 0.785. The van der Waals surface area contributed by atoms with Crippen LogP contribution in [0.4, 0.5) is 5.82 Å².